The van der Waals surface area contributed by atoms with Crippen molar-refractivity contribution in [3.8, 4) is 0 Å². The zero-order valence-corrected chi connectivity index (χ0v) is 11.0. The van der Waals surface area contributed by atoms with E-state index >= 15 is 0 Å². The summed E-state index contributed by atoms with van der Waals surface area (Å²) in [6.45, 7) is 5.63. The van der Waals surface area contributed by atoms with E-state index in [0.717, 1.165) is 6.54 Å². The Bertz CT molecular complexity index is 300. The summed E-state index contributed by atoms with van der Waals surface area (Å²) in [4.78, 5) is 4.52. The molecular formula is C11H18N2S2. The summed E-state index contributed by atoms with van der Waals surface area (Å²) in [7, 11) is 0. The van der Waals surface area contributed by atoms with Gasteiger partial charge in [0, 0.05) is 16.8 Å². The molecular weight excluding hydrogens is 224 g/mol. The lowest BCUT2D eigenvalue weighted by Crippen LogP contribution is -2.46. The van der Waals surface area contributed by atoms with Gasteiger partial charge in [0.2, 0.25) is 0 Å². The smallest absolute Gasteiger partial charge is 0.114 e. The molecule has 0 bridgehead atoms. The first-order valence-corrected chi connectivity index (χ1v) is 7.49. The molecule has 2 atom stereocenters. The molecule has 1 fully saturated rings. The van der Waals surface area contributed by atoms with Crippen molar-refractivity contribution in [1.29, 1.82) is 0 Å². The first kappa shape index (κ1) is 11.4. The van der Waals surface area contributed by atoms with Crippen LogP contribution in [0, 0.1) is 0 Å². The van der Waals surface area contributed by atoms with Gasteiger partial charge in [-0.3, -0.25) is 0 Å². The molecule has 2 rings (SSSR count). The van der Waals surface area contributed by atoms with Crippen molar-refractivity contribution in [3.63, 3.8) is 0 Å². The van der Waals surface area contributed by atoms with Crippen LogP contribution in [0.1, 0.15) is 31.7 Å². The van der Waals surface area contributed by atoms with Gasteiger partial charge in [0.1, 0.15) is 5.01 Å². The van der Waals surface area contributed by atoms with Gasteiger partial charge < -0.3 is 5.32 Å². The van der Waals surface area contributed by atoms with Gasteiger partial charge in [0.15, 0.2) is 0 Å². The van der Waals surface area contributed by atoms with Crippen LogP contribution in [-0.2, 0) is 5.54 Å². The SMILES string of the molecule is CCCNC1(c2nccs2)CCSC1C. The molecule has 0 saturated carbocycles. The zero-order valence-electron chi connectivity index (χ0n) is 9.32. The molecule has 4 heteroatoms. The van der Waals surface area contributed by atoms with Gasteiger partial charge in [-0.15, -0.1) is 11.3 Å². The molecule has 0 radical (unpaired) electrons. The van der Waals surface area contributed by atoms with E-state index in [2.05, 4.69) is 41.3 Å². The summed E-state index contributed by atoms with van der Waals surface area (Å²) in [6.07, 6.45) is 4.32. The second-order valence-electron chi connectivity index (χ2n) is 4.00. The number of thiazole rings is 1. The van der Waals surface area contributed by atoms with Crippen molar-refractivity contribution < 1.29 is 0 Å². The maximum atomic E-state index is 4.52. The van der Waals surface area contributed by atoms with E-state index in [0.29, 0.717) is 5.25 Å². The highest BCUT2D eigenvalue weighted by molar-refractivity contribution is 8.00. The molecule has 1 aromatic rings. The summed E-state index contributed by atoms with van der Waals surface area (Å²) >= 11 is 3.84. The third-order valence-corrected chi connectivity index (χ3v) is 5.36. The zero-order chi connectivity index (χ0) is 10.7. The molecule has 1 aromatic heterocycles. The summed E-state index contributed by atoms with van der Waals surface area (Å²) in [5.41, 5.74) is 0.148. The summed E-state index contributed by atoms with van der Waals surface area (Å²) in [5.74, 6) is 1.25. The molecule has 0 amide bonds. The highest BCUT2D eigenvalue weighted by atomic mass is 32.2. The van der Waals surface area contributed by atoms with Gasteiger partial charge in [-0.2, -0.15) is 11.8 Å². The maximum absolute atomic E-state index is 4.52. The third kappa shape index (κ3) is 2.08. The van der Waals surface area contributed by atoms with Crippen molar-refractivity contribution in [2.75, 3.05) is 12.3 Å². The van der Waals surface area contributed by atoms with Crippen LogP contribution >= 0.6 is 23.1 Å². The van der Waals surface area contributed by atoms with Crippen LogP contribution in [0.15, 0.2) is 11.6 Å². The third-order valence-electron chi connectivity index (χ3n) is 3.06. The van der Waals surface area contributed by atoms with E-state index in [-0.39, 0.29) is 5.54 Å². The summed E-state index contributed by atoms with van der Waals surface area (Å²) in [6, 6.07) is 0. The number of nitrogens with one attached hydrogen (secondary N) is 1. The molecule has 2 nitrogen and oxygen atoms in total. The predicted molar refractivity (Wildman–Crippen MR) is 68.6 cm³/mol. The van der Waals surface area contributed by atoms with E-state index in [4.69, 9.17) is 0 Å². The van der Waals surface area contributed by atoms with Crippen LogP contribution < -0.4 is 5.32 Å². The predicted octanol–water partition coefficient (Wildman–Crippen LogP) is 2.86. The Morgan fingerprint density at radius 2 is 2.53 bits per heavy atom. The van der Waals surface area contributed by atoms with Crippen molar-refractivity contribution in [1.82, 2.24) is 10.3 Å². The lowest BCUT2D eigenvalue weighted by Gasteiger charge is -2.32. The van der Waals surface area contributed by atoms with Gasteiger partial charge in [-0.1, -0.05) is 13.8 Å². The molecule has 1 aliphatic heterocycles. The van der Waals surface area contributed by atoms with E-state index in [1.165, 1.54) is 23.6 Å². The number of hydrogen-bond acceptors (Lipinski definition) is 4. The monoisotopic (exact) mass is 242 g/mol. The molecule has 0 aromatic carbocycles. The molecule has 2 unspecified atom stereocenters. The van der Waals surface area contributed by atoms with Crippen LogP contribution in [0.3, 0.4) is 0 Å². The van der Waals surface area contributed by atoms with Gasteiger partial charge in [-0.05, 0) is 25.1 Å². The standard InChI is InChI=1S/C11H18N2S2/c1-3-5-13-11(4-7-14-9(11)2)10-12-6-8-15-10/h6,8-9,13H,3-5,7H2,1-2H3. The molecule has 1 N–H and O–H groups in total. The largest absolute Gasteiger partial charge is 0.304 e. The molecule has 84 valence electrons. The number of thioether (sulfide) groups is 1. The van der Waals surface area contributed by atoms with Crippen LogP contribution in [0.25, 0.3) is 0 Å². The van der Waals surface area contributed by atoms with Crippen molar-refractivity contribution in [2.45, 2.75) is 37.5 Å². The maximum Gasteiger partial charge on any atom is 0.114 e. The minimum Gasteiger partial charge on any atom is -0.304 e. The number of aromatic nitrogens is 1. The van der Waals surface area contributed by atoms with Gasteiger partial charge >= 0.3 is 0 Å². The van der Waals surface area contributed by atoms with Crippen molar-refractivity contribution in [2.24, 2.45) is 0 Å². The second kappa shape index (κ2) is 4.85. The lowest BCUT2D eigenvalue weighted by atomic mass is 9.93. The van der Waals surface area contributed by atoms with Gasteiger partial charge in [-0.25, -0.2) is 4.98 Å². The quantitative estimate of drug-likeness (QED) is 0.879. The molecule has 1 saturated heterocycles. The average Bonchev–Trinajstić information content (AvgIpc) is 2.85. The van der Waals surface area contributed by atoms with E-state index < -0.39 is 0 Å². The fourth-order valence-electron chi connectivity index (χ4n) is 2.12. The van der Waals surface area contributed by atoms with E-state index in [9.17, 15) is 0 Å². The fourth-order valence-corrected chi connectivity index (χ4v) is 4.52. The minimum atomic E-state index is 0.148. The van der Waals surface area contributed by atoms with Crippen LogP contribution in [-0.4, -0.2) is 22.5 Å². The highest BCUT2D eigenvalue weighted by Gasteiger charge is 2.43. The number of nitrogens with zero attached hydrogens (tertiary/aromatic N) is 1. The average molecular weight is 242 g/mol. The molecule has 0 aliphatic carbocycles. The molecule has 15 heavy (non-hydrogen) atoms. The van der Waals surface area contributed by atoms with Crippen molar-refractivity contribution in [3.05, 3.63) is 16.6 Å². The summed E-state index contributed by atoms with van der Waals surface area (Å²) < 4.78 is 0. The molecule has 0 spiro atoms. The Kier molecular flexibility index (Phi) is 3.69. The lowest BCUT2D eigenvalue weighted by molar-refractivity contribution is 0.333. The van der Waals surface area contributed by atoms with Gasteiger partial charge in [0.25, 0.3) is 0 Å². The Labute approximate surface area is 99.9 Å². The Balaban J connectivity index is 2.23. The Morgan fingerprint density at radius 1 is 1.67 bits per heavy atom. The first-order chi connectivity index (χ1) is 7.29. The number of rotatable bonds is 4. The summed E-state index contributed by atoms with van der Waals surface area (Å²) in [5, 5.41) is 7.71. The Morgan fingerprint density at radius 3 is 3.07 bits per heavy atom. The normalized spacial score (nSPS) is 30.9. The minimum absolute atomic E-state index is 0.148. The van der Waals surface area contributed by atoms with Gasteiger partial charge in [0.05, 0.1) is 5.54 Å². The Hall–Kier alpha value is -0.0600. The number of hydrogen-bond donors (Lipinski definition) is 1. The fraction of sp³-hybridized carbons (Fsp3) is 0.727. The highest BCUT2D eigenvalue weighted by Crippen LogP contribution is 2.43. The van der Waals surface area contributed by atoms with Crippen LogP contribution in [0.5, 0.6) is 0 Å². The van der Waals surface area contributed by atoms with E-state index in [1.54, 1.807) is 11.3 Å². The first-order valence-electron chi connectivity index (χ1n) is 5.56. The molecule has 2 heterocycles. The van der Waals surface area contributed by atoms with Crippen LogP contribution in [0.4, 0.5) is 0 Å². The topological polar surface area (TPSA) is 24.9 Å². The molecule has 1 aliphatic rings. The van der Waals surface area contributed by atoms with Crippen LogP contribution in [0.2, 0.25) is 0 Å². The van der Waals surface area contributed by atoms with Crippen molar-refractivity contribution >= 4 is 23.1 Å². The second-order valence-corrected chi connectivity index (χ2v) is 6.34. The van der Waals surface area contributed by atoms with E-state index in [1.807, 2.05) is 6.20 Å².